The number of benzene rings is 1. The molecule has 0 atom stereocenters. The molecule has 2 rings (SSSR count). The molecule has 0 spiro atoms. The molecule has 0 bridgehead atoms. The summed E-state index contributed by atoms with van der Waals surface area (Å²) in [6.45, 7) is 0. The van der Waals surface area contributed by atoms with Crippen LogP contribution in [0.15, 0.2) is 35.3 Å². The van der Waals surface area contributed by atoms with E-state index in [1.807, 2.05) is 0 Å². The maximum Gasteiger partial charge on any atom is 0.356 e. The third-order valence-corrected chi connectivity index (χ3v) is 2.30. The van der Waals surface area contributed by atoms with E-state index in [1.54, 1.807) is 30.3 Å². The van der Waals surface area contributed by atoms with Gasteiger partial charge in [-0.25, -0.2) is 9.59 Å². The number of nitrogens with zero attached hydrogens (tertiary/aromatic N) is 2. The molecule has 1 heterocycles. The lowest BCUT2D eigenvalue weighted by Crippen LogP contribution is -2.00. The summed E-state index contributed by atoms with van der Waals surface area (Å²) in [5.41, 5.74) is 2.04. The van der Waals surface area contributed by atoms with Crippen molar-refractivity contribution >= 4 is 17.7 Å². The van der Waals surface area contributed by atoms with Crippen molar-refractivity contribution in [3.8, 4) is 11.3 Å². The van der Waals surface area contributed by atoms with E-state index < -0.39 is 5.97 Å². The first-order chi connectivity index (χ1) is 8.74. The number of esters is 1. The number of carbonyl (C=O) groups excluding carboxylic acids is 2. The van der Waals surface area contributed by atoms with Gasteiger partial charge in [0.15, 0.2) is 0 Å². The van der Waals surface area contributed by atoms with Crippen LogP contribution in [0.25, 0.3) is 11.3 Å². The number of hydrogen-bond donors (Lipinski definition) is 1. The standard InChI is InChI=1S/C12H9N3O3/c1-18-12(17)11-6-10(14-15-11)8-3-2-4-9(5-8)13-7-16/h2-6H,1H3,(H,14,15). The third-order valence-electron chi connectivity index (χ3n) is 2.30. The summed E-state index contributed by atoms with van der Waals surface area (Å²) in [5.74, 6) is -0.490. The molecular weight excluding hydrogens is 234 g/mol. The van der Waals surface area contributed by atoms with Crippen molar-refractivity contribution in [3.05, 3.63) is 36.0 Å². The van der Waals surface area contributed by atoms with Crippen molar-refractivity contribution in [2.45, 2.75) is 0 Å². The molecule has 0 aliphatic carbocycles. The summed E-state index contributed by atoms with van der Waals surface area (Å²) >= 11 is 0. The van der Waals surface area contributed by atoms with Crippen molar-refractivity contribution in [3.63, 3.8) is 0 Å². The van der Waals surface area contributed by atoms with E-state index in [9.17, 15) is 9.59 Å². The number of nitrogens with one attached hydrogen (secondary N) is 1. The van der Waals surface area contributed by atoms with Crippen molar-refractivity contribution in [2.24, 2.45) is 4.99 Å². The van der Waals surface area contributed by atoms with Gasteiger partial charge in [-0.05, 0) is 18.2 Å². The molecule has 0 amide bonds. The van der Waals surface area contributed by atoms with Gasteiger partial charge in [-0.1, -0.05) is 12.1 Å². The first kappa shape index (κ1) is 11.8. The summed E-state index contributed by atoms with van der Waals surface area (Å²) in [4.78, 5) is 25.0. The fourth-order valence-electron chi connectivity index (χ4n) is 1.47. The summed E-state index contributed by atoms with van der Waals surface area (Å²) in [6, 6.07) is 8.43. The van der Waals surface area contributed by atoms with Crippen LogP contribution >= 0.6 is 0 Å². The Balaban J connectivity index is 2.36. The third kappa shape index (κ3) is 2.34. The van der Waals surface area contributed by atoms with Crippen LogP contribution in [0.2, 0.25) is 0 Å². The molecule has 1 aromatic carbocycles. The highest BCUT2D eigenvalue weighted by atomic mass is 16.5. The van der Waals surface area contributed by atoms with Gasteiger partial charge in [0.05, 0.1) is 18.5 Å². The van der Waals surface area contributed by atoms with E-state index in [0.29, 0.717) is 11.4 Å². The molecule has 0 saturated carbocycles. The predicted molar refractivity (Wildman–Crippen MR) is 63.1 cm³/mol. The van der Waals surface area contributed by atoms with Gasteiger partial charge < -0.3 is 4.74 Å². The molecule has 90 valence electrons. The van der Waals surface area contributed by atoms with Gasteiger partial charge >= 0.3 is 5.97 Å². The normalized spacial score (nSPS) is 9.61. The SMILES string of the molecule is COC(=O)c1cc(-c2cccc(N=C=O)c2)n[nH]1. The lowest BCUT2D eigenvalue weighted by atomic mass is 10.1. The number of aliphatic imine (C=N–C) groups is 1. The van der Waals surface area contributed by atoms with Crippen LogP contribution in [0.3, 0.4) is 0 Å². The van der Waals surface area contributed by atoms with Gasteiger partial charge in [-0.2, -0.15) is 10.1 Å². The van der Waals surface area contributed by atoms with Gasteiger partial charge in [-0.15, -0.1) is 0 Å². The fourth-order valence-corrected chi connectivity index (χ4v) is 1.47. The van der Waals surface area contributed by atoms with E-state index in [-0.39, 0.29) is 5.69 Å². The number of aromatic amines is 1. The number of carbonyl (C=O) groups is 1. The molecule has 0 radical (unpaired) electrons. The minimum atomic E-state index is -0.490. The van der Waals surface area contributed by atoms with Crippen molar-refractivity contribution in [2.75, 3.05) is 7.11 Å². The predicted octanol–water partition coefficient (Wildman–Crippen LogP) is 1.83. The first-order valence-electron chi connectivity index (χ1n) is 5.06. The zero-order valence-corrected chi connectivity index (χ0v) is 9.51. The number of rotatable bonds is 3. The van der Waals surface area contributed by atoms with E-state index in [1.165, 1.54) is 13.2 Å². The molecule has 0 fully saturated rings. The molecule has 1 aromatic heterocycles. The minimum absolute atomic E-state index is 0.261. The lowest BCUT2D eigenvalue weighted by Gasteiger charge is -1.96. The Bertz CT molecular complexity index is 627. The van der Waals surface area contributed by atoms with Crippen molar-refractivity contribution < 1.29 is 14.3 Å². The molecule has 6 nitrogen and oxygen atoms in total. The monoisotopic (exact) mass is 243 g/mol. The summed E-state index contributed by atoms with van der Waals surface area (Å²) in [7, 11) is 1.29. The Hall–Kier alpha value is -2.72. The van der Waals surface area contributed by atoms with Crippen LogP contribution in [0.4, 0.5) is 5.69 Å². The van der Waals surface area contributed by atoms with Crippen molar-refractivity contribution in [1.29, 1.82) is 0 Å². The molecule has 6 heteroatoms. The Labute approximate surface area is 102 Å². The molecule has 0 aliphatic heterocycles. The highest BCUT2D eigenvalue weighted by Crippen LogP contribution is 2.22. The number of hydrogen-bond acceptors (Lipinski definition) is 5. The second-order valence-corrected chi connectivity index (χ2v) is 3.41. The summed E-state index contributed by atoms with van der Waals surface area (Å²) < 4.78 is 4.57. The highest BCUT2D eigenvalue weighted by Gasteiger charge is 2.10. The van der Waals surface area contributed by atoms with Crippen LogP contribution in [-0.2, 0) is 9.53 Å². The zero-order valence-electron chi connectivity index (χ0n) is 9.51. The topological polar surface area (TPSA) is 84.4 Å². The summed E-state index contributed by atoms with van der Waals surface area (Å²) in [5, 5.41) is 6.56. The largest absolute Gasteiger partial charge is 0.464 e. The number of methoxy groups -OCH3 is 1. The van der Waals surface area contributed by atoms with Gasteiger partial charge in [0.25, 0.3) is 0 Å². The molecule has 2 aromatic rings. The van der Waals surface area contributed by atoms with Crippen LogP contribution in [0, 0.1) is 0 Å². The van der Waals surface area contributed by atoms with E-state index in [4.69, 9.17) is 0 Å². The molecule has 1 N–H and O–H groups in total. The lowest BCUT2D eigenvalue weighted by molar-refractivity contribution is 0.0594. The van der Waals surface area contributed by atoms with E-state index in [0.717, 1.165) is 5.56 Å². The number of ether oxygens (including phenoxy) is 1. The Morgan fingerprint density at radius 2 is 2.28 bits per heavy atom. The Kier molecular flexibility index (Phi) is 3.31. The van der Waals surface area contributed by atoms with Crippen molar-refractivity contribution in [1.82, 2.24) is 10.2 Å². The second kappa shape index (κ2) is 5.07. The molecule has 18 heavy (non-hydrogen) atoms. The maximum absolute atomic E-state index is 11.3. The van der Waals surface area contributed by atoms with E-state index >= 15 is 0 Å². The highest BCUT2D eigenvalue weighted by molar-refractivity contribution is 5.88. The Morgan fingerprint density at radius 3 is 3.00 bits per heavy atom. The molecule has 0 aliphatic rings. The quantitative estimate of drug-likeness (QED) is 0.506. The second-order valence-electron chi connectivity index (χ2n) is 3.41. The molecule has 0 unspecified atom stereocenters. The summed E-state index contributed by atoms with van der Waals surface area (Å²) in [6.07, 6.45) is 1.47. The first-order valence-corrected chi connectivity index (χ1v) is 5.06. The molecular formula is C12H9N3O3. The number of isocyanates is 1. The smallest absolute Gasteiger partial charge is 0.356 e. The average molecular weight is 243 g/mol. The zero-order chi connectivity index (χ0) is 13.0. The number of aromatic nitrogens is 2. The van der Waals surface area contributed by atoms with Crippen LogP contribution in [0.1, 0.15) is 10.5 Å². The van der Waals surface area contributed by atoms with Gasteiger partial charge in [0.1, 0.15) is 5.69 Å². The van der Waals surface area contributed by atoms with Crippen LogP contribution < -0.4 is 0 Å². The number of H-pyrrole nitrogens is 1. The van der Waals surface area contributed by atoms with Gasteiger partial charge in [0.2, 0.25) is 6.08 Å². The maximum atomic E-state index is 11.3. The van der Waals surface area contributed by atoms with E-state index in [2.05, 4.69) is 19.9 Å². The molecule has 0 saturated heterocycles. The van der Waals surface area contributed by atoms with Gasteiger partial charge in [-0.3, -0.25) is 5.10 Å². The van der Waals surface area contributed by atoms with Gasteiger partial charge in [0, 0.05) is 5.56 Å². The van der Waals surface area contributed by atoms with Crippen LogP contribution in [-0.4, -0.2) is 29.4 Å². The fraction of sp³-hybridized carbons (Fsp3) is 0.0833. The Morgan fingerprint density at radius 1 is 1.44 bits per heavy atom. The minimum Gasteiger partial charge on any atom is -0.464 e. The van der Waals surface area contributed by atoms with Crippen LogP contribution in [0.5, 0.6) is 0 Å². The average Bonchev–Trinajstić information content (AvgIpc) is 2.88.